The minimum atomic E-state index is -1.07. The highest BCUT2D eigenvalue weighted by Crippen LogP contribution is 2.21. The van der Waals surface area contributed by atoms with Crippen molar-refractivity contribution >= 4 is 5.97 Å². The maximum absolute atomic E-state index is 10.8. The second-order valence-corrected chi connectivity index (χ2v) is 3.79. The number of ether oxygens (including phenoxy) is 1. The summed E-state index contributed by atoms with van der Waals surface area (Å²) in [5.74, 6) is -0.313. The van der Waals surface area contributed by atoms with Crippen LogP contribution in [0.25, 0.3) is 11.3 Å². The molecule has 0 amide bonds. The zero-order valence-electron chi connectivity index (χ0n) is 10.0. The lowest BCUT2D eigenvalue weighted by Crippen LogP contribution is -2.05. The van der Waals surface area contributed by atoms with E-state index in [1.165, 1.54) is 0 Å². The summed E-state index contributed by atoms with van der Waals surface area (Å²) in [6.45, 7) is 1.70. The van der Waals surface area contributed by atoms with Gasteiger partial charge in [-0.05, 0) is 42.8 Å². The first-order valence-electron chi connectivity index (χ1n) is 5.34. The van der Waals surface area contributed by atoms with Gasteiger partial charge in [0.25, 0.3) is 0 Å². The molecule has 0 aliphatic heterocycles. The number of aromatic nitrogens is 2. The van der Waals surface area contributed by atoms with E-state index >= 15 is 0 Å². The molecule has 1 aromatic carbocycles. The van der Waals surface area contributed by atoms with Gasteiger partial charge in [0.05, 0.1) is 12.8 Å². The number of hydrogen-bond donors (Lipinski definition) is 1. The van der Waals surface area contributed by atoms with E-state index in [1.807, 2.05) is 24.3 Å². The van der Waals surface area contributed by atoms with E-state index < -0.39 is 5.97 Å². The molecule has 2 aromatic rings. The van der Waals surface area contributed by atoms with Crippen molar-refractivity contribution in [1.29, 1.82) is 0 Å². The van der Waals surface area contributed by atoms with E-state index in [-0.39, 0.29) is 5.69 Å². The Labute approximate surface area is 104 Å². The van der Waals surface area contributed by atoms with Gasteiger partial charge in [-0.2, -0.15) is 0 Å². The molecular formula is C13H12N2O3. The van der Waals surface area contributed by atoms with Crippen molar-refractivity contribution in [2.24, 2.45) is 0 Å². The summed E-state index contributed by atoms with van der Waals surface area (Å²) in [6, 6.07) is 9.04. The zero-order valence-corrected chi connectivity index (χ0v) is 10.0. The molecular weight excluding hydrogens is 232 g/mol. The van der Waals surface area contributed by atoms with Crippen LogP contribution < -0.4 is 4.74 Å². The smallest absolute Gasteiger partial charge is 0.356 e. The van der Waals surface area contributed by atoms with Crippen molar-refractivity contribution in [3.63, 3.8) is 0 Å². The molecule has 5 heteroatoms. The molecule has 5 nitrogen and oxygen atoms in total. The highest BCUT2D eigenvalue weighted by molar-refractivity contribution is 5.87. The molecule has 0 atom stereocenters. The predicted octanol–water partition coefficient (Wildman–Crippen LogP) is 2.16. The number of nitrogens with zero attached hydrogens (tertiary/aromatic N) is 2. The van der Waals surface area contributed by atoms with Crippen LogP contribution in [0, 0.1) is 6.92 Å². The number of methoxy groups -OCH3 is 1. The maximum atomic E-state index is 10.8. The molecule has 0 bridgehead atoms. The fourth-order valence-electron chi connectivity index (χ4n) is 1.60. The standard InChI is InChI=1S/C13H12N2O3/c1-8-7-11(14-15-12(8)13(16)17)9-3-5-10(18-2)6-4-9/h3-7H,1-2H3,(H,16,17). The molecule has 0 unspecified atom stereocenters. The largest absolute Gasteiger partial charge is 0.497 e. The Balaban J connectivity index is 2.39. The summed E-state index contributed by atoms with van der Waals surface area (Å²) in [7, 11) is 1.60. The lowest BCUT2D eigenvalue weighted by atomic mass is 10.1. The Morgan fingerprint density at radius 3 is 2.39 bits per heavy atom. The number of carbonyl (C=O) groups is 1. The molecule has 1 N–H and O–H groups in total. The lowest BCUT2D eigenvalue weighted by Gasteiger charge is -2.04. The normalized spacial score (nSPS) is 10.1. The van der Waals surface area contributed by atoms with E-state index in [2.05, 4.69) is 10.2 Å². The number of rotatable bonds is 3. The Hall–Kier alpha value is -2.43. The van der Waals surface area contributed by atoms with E-state index in [0.29, 0.717) is 11.3 Å². The van der Waals surface area contributed by atoms with Crippen molar-refractivity contribution in [2.75, 3.05) is 7.11 Å². The van der Waals surface area contributed by atoms with E-state index in [9.17, 15) is 4.79 Å². The molecule has 0 radical (unpaired) electrons. The van der Waals surface area contributed by atoms with Crippen LogP contribution in [0.3, 0.4) is 0 Å². The first-order valence-corrected chi connectivity index (χ1v) is 5.34. The SMILES string of the molecule is COc1ccc(-c2cc(C)c(C(=O)O)nn2)cc1. The topological polar surface area (TPSA) is 72.3 Å². The van der Waals surface area contributed by atoms with Crippen LogP contribution in [0.15, 0.2) is 30.3 Å². The molecule has 0 aliphatic rings. The summed E-state index contributed by atoms with van der Waals surface area (Å²) in [5.41, 5.74) is 2.07. The fourth-order valence-corrected chi connectivity index (χ4v) is 1.60. The summed E-state index contributed by atoms with van der Waals surface area (Å²) < 4.78 is 5.07. The second kappa shape index (κ2) is 4.83. The zero-order chi connectivity index (χ0) is 13.1. The van der Waals surface area contributed by atoms with Crippen LogP contribution in [0.5, 0.6) is 5.75 Å². The second-order valence-electron chi connectivity index (χ2n) is 3.79. The third kappa shape index (κ3) is 2.29. The highest BCUT2D eigenvalue weighted by atomic mass is 16.5. The van der Waals surface area contributed by atoms with Gasteiger partial charge < -0.3 is 9.84 Å². The molecule has 1 aromatic heterocycles. The summed E-state index contributed by atoms with van der Waals surface area (Å²) >= 11 is 0. The minimum absolute atomic E-state index is 0.0211. The van der Waals surface area contributed by atoms with Crippen LogP contribution in [0.4, 0.5) is 0 Å². The highest BCUT2D eigenvalue weighted by Gasteiger charge is 2.11. The number of aromatic carboxylic acids is 1. The van der Waals surface area contributed by atoms with Crippen LogP contribution in [-0.2, 0) is 0 Å². The molecule has 18 heavy (non-hydrogen) atoms. The lowest BCUT2D eigenvalue weighted by molar-refractivity contribution is 0.0688. The van der Waals surface area contributed by atoms with Crippen LogP contribution >= 0.6 is 0 Å². The van der Waals surface area contributed by atoms with Crippen molar-refractivity contribution < 1.29 is 14.6 Å². The third-order valence-corrected chi connectivity index (χ3v) is 2.57. The molecule has 0 saturated carbocycles. The molecule has 92 valence electrons. The van der Waals surface area contributed by atoms with Gasteiger partial charge >= 0.3 is 5.97 Å². The summed E-state index contributed by atoms with van der Waals surface area (Å²) in [5, 5.41) is 16.5. The van der Waals surface area contributed by atoms with Crippen molar-refractivity contribution in [2.45, 2.75) is 6.92 Å². The molecule has 0 spiro atoms. The predicted molar refractivity (Wildman–Crippen MR) is 65.7 cm³/mol. The van der Waals surface area contributed by atoms with Gasteiger partial charge in [0, 0.05) is 5.56 Å². The average molecular weight is 244 g/mol. The van der Waals surface area contributed by atoms with Crippen LogP contribution in [-0.4, -0.2) is 28.4 Å². The number of hydrogen-bond acceptors (Lipinski definition) is 4. The Bertz CT molecular complexity index is 579. The monoisotopic (exact) mass is 244 g/mol. The fraction of sp³-hybridized carbons (Fsp3) is 0.154. The number of carboxylic acids is 1. The minimum Gasteiger partial charge on any atom is -0.497 e. The summed E-state index contributed by atoms with van der Waals surface area (Å²) in [6.07, 6.45) is 0. The summed E-state index contributed by atoms with van der Waals surface area (Å²) in [4.78, 5) is 10.8. The number of carboxylic acid groups (broad SMARTS) is 1. The van der Waals surface area contributed by atoms with Crippen LogP contribution in [0.1, 0.15) is 16.1 Å². The quantitative estimate of drug-likeness (QED) is 0.895. The molecule has 0 saturated heterocycles. The number of benzene rings is 1. The van der Waals surface area contributed by atoms with Crippen molar-refractivity contribution in [3.05, 3.63) is 41.6 Å². The van der Waals surface area contributed by atoms with Gasteiger partial charge in [0.2, 0.25) is 0 Å². The Morgan fingerprint density at radius 1 is 1.22 bits per heavy atom. The molecule has 2 rings (SSSR count). The van der Waals surface area contributed by atoms with Crippen molar-refractivity contribution in [3.8, 4) is 17.0 Å². The Morgan fingerprint density at radius 2 is 1.89 bits per heavy atom. The van der Waals surface area contributed by atoms with Gasteiger partial charge in [0.15, 0.2) is 5.69 Å². The van der Waals surface area contributed by atoms with Crippen LogP contribution in [0.2, 0.25) is 0 Å². The molecule has 0 aliphatic carbocycles. The van der Waals surface area contributed by atoms with Crippen molar-refractivity contribution in [1.82, 2.24) is 10.2 Å². The molecule has 1 heterocycles. The average Bonchev–Trinajstić information content (AvgIpc) is 2.38. The van der Waals surface area contributed by atoms with E-state index in [0.717, 1.165) is 11.3 Å². The van der Waals surface area contributed by atoms with E-state index in [4.69, 9.17) is 9.84 Å². The number of aryl methyl sites for hydroxylation is 1. The maximum Gasteiger partial charge on any atom is 0.356 e. The van der Waals surface area contributed by atoms with Gasteiger partial charge in [-0.25, -0.2) is 4.79 Å². The molecule has 0 fully saturated rings. The van der Waals surface area contributed by atoms with E-state index in [1.54, 1.807) is 20.1 Å². The van der Waals surface area contributed by atoms with Gasteiger partial charge in [-0.3, -0.25) is 0 Å². The first-order chi connectivity index (χ1) is 8.61. The Kier molecular flexibility index (Phi) is 3.23. The first kappa shape index (κ1) is 12.0. The van der Waals surface area contributed by atoms with Gasteiger partial charge in [0.1, 0.15) is 5.75 Å². The van der Waals surface area contributed by atoms with Gasteiger partial charge in [-0.1, -0.05) is 0 Å². The van der Waals surface area contributed by atoms with Gasteiger partial charge in [-0.15, -0.1) is 10.2 Å². The third-order valence-electron chi connectivity index (χ3n) is 2.57.